The van der Waals surface area contributed by atoms with E-state index in [1.807, 2.05) is 0 Å². The first kappa shape index (κ1) is 6.79. The molecule has 0 radical (unpaired) electrons. The Bertz CT molecular complexity index is 99.1. The van der Waals surface area contributed by atoms with Crippen LogP contribution in [0.1, 0.15) is 26.7 Å². The summed E-state index contributed by atoms with van der Waals surface area (Å²) in [5, 5.41) is 0. The number of hydrogen-bond donors (Lipinski definition) is 0. The van der Waals surface area contributed by atoms with Crippen LogP contribution in [0.5, 0.6) is 0 Å². The molecule has 0 amide bonds. The summed E-state index contributed by atoms with van der Waals surface area (Å²) in [7, 11) is 0. The van der Waals surface area contributed by atoms with E-state index in [9.17, 15) is 4.79 Å². The molecule has 1 fully saturated rings. The van der Waals surface area contributed by atoms with E-state index in [0.717, 1.165) is 6.29 Å². The molecule has 0 aromatic rings. The lowest BCUT2D eigenvalue weighted by Crippen LogP contribution is -2.11. The van der Waals surface area contributed by atoms with Crippen LogP contribution >= 0.6 is 0 Å². The first-order valence-electron chi connectivity index (χ1n) is 3.71. The molecule has 1 aliphatic carbocycles. The van der Waals surface area contributed by atoms with Crippen LogP contribution < -0.4 is 0 Å². The maximum atomic E-state index is 10.4. The van der Waals surface area contributed by atoms with Crippen molar-refractivity contribution >= 4 is 6.29 Å². The highest BCUT2D eigenvalue weighted by molar-refractivity contribution is 5.55. The molecule has 2 unspecified atom stereocenters. The number of rotatable bonds is 1. The van der Waals surface area contributed by atoms with E-state index in [2.05, 4.69) is 13.8 Å². The zero-order chi connectivity index (χ0) is 6.85. The van der Waals surface area contributed by atoms with E-state index in [4.69, 9.17) is 0 Å². The summed E-state index contributed by atoms with van der Waals surface area (Å²) in [4.78, 5) is 10.4. The van der Waals surface area contributed by atoms with Crippen molar-refractivity contribution < 1.29 is 4.79 Å². The molecule has 0 heterocycles. The maximum Gasteiger partial charge on any atom is 0.123 e. The second-order valence-electron chi connectivity index (χ2n) is 3.25. The van der Waals surface area contributed by atoms with Gasteiger partial charge < -0.3 is 4.79 Å². The highest BCUT2D eigenvalue weighted by atomic mass is 16.1. The van der Waals surface area contributed by atoms with E-state index >= 15 is 0 Å². The van der Waals surface area contributed by atoms with Gasteiger partial charge in [-0.2, -0.15) is 0 Å². The van der Waals surface area contributed by atoms with Gasteiger partial charge in [-0.15, -0.1) is 0 Å². The molecule has 52 valence electrons. The summed E-state index contributed by atoms with van der Waals surface area (Å²) in [6.07, 6.45) is 3.61. The van der Waals surface area contributed by atoms with Crippen LogP contribution in [0.2, 0.25) is 0 Å². The van der Waals surface area contributed by atoms with Gasteiger partial charge in [0.2, 0.25) is 0 Å². The number of carbonyl (C=O) groups excluding carboxylic acids is 1. The molecule has 0 aliphatic heterocycles. The third-order valence-electron chi connectivity index (χ3n) is 2.55. The van der Waals surface area contributed by atoms with Crippen LogP contribution in [0, 0.1) is 17.8 Å². The molecule has 1 rings (SSSR count). The first-order valence-corrected chi connectivity index (χ1v) is 3.71. The van der Waals surface area contributed by atoms with Gasteiger partial charge in [0.05, 0.1) is 0 Å². The van der Waals surface area contributed by atoms with E-state index in [1.54, 1.807) is 0 Å². The predicted octanol–water partition coefficient (Wildman–Crippen LogP) is 1.87. The van der Waals surface area contributed by atoms with Crippen LogP contribution in [-0.4, -0.2) is 6.29 Å². The van der Waals surface area contributed by atoms with Crippen molar-refractivity contribution in [1.82, 2.24) is 0 Å². The van der Waals surface area contributed by atoms with Gasteiger partial charge in [-0.25, -0.2) is 0 Å². The standard InChI is InChI=1S/C8H14O/c1-6-3-4-7(2)8(6)5-9/h5-8H,3-4H2,1-2H3/t6-,7?,8?/m0/s1. The van der Waals surface area contributed by atoms with Crippen LogP contribution in [0.25, 0.3) is 0 Å². The average molecular weight is 126 g/mol. The van der Waals surface area contributed by atoms with Crippen molar-refractivity contribution in [3.8, 4) is 0 Å². The van der Waals surface area contributed by atoms with Gasteiger partial charge >= 0.3 is 0 Å². The lowest BCUT2D eigenvalue weighted by molar-refractivity contribution is -0.112. The summed E-state index contributed by atoms with van der Waals surface area (Å²) < 4.78 is 0. The molecule has 9 heavy (non-hydrogen) atoms. The lowest BCUT2D eigenvalue weighted by Gasteiger charge is -2.10. The highest BCUT2D eigenvalue weighted by Crippen LogP contribution is 2.34. The van der Waals surface area contributed by atoms with E-state index in [-0.39, 0.29) is 0 Å². The molecule has 3 atom stereocenters. The Balaban J connectivity index is 2.54. The quantitative estimate of drug-likeness (QED) is 0.490. The molecule has 0 bridgehead atoms. The number of hydrogen-bond acceptors (Lipinski definition) is 1. The van der Waals surface area contributed by atoms with Gasteiger partial charge in [-0.05, 0) is 24.7 Å². The van der Waals surface area contributed by atoms with E-state index in [1.165, 1.54) is 12.8 Å². The second kappa shape index (κ2) is 2.51. The Morgan fingerprint density at radius 3 is 1.89 bits per heavy atom. The summed E-state index contributed by atoms with van der Waals surface area (Å²) in [6, 6.07) is 0. The van der Waals surface area contributed by atoms with Crippen molar-refractivity contribution in [3.05, 3.63) is 0 Å². The van der Waals surface area contributed by atoms with Crippen molar-refractivity contribution in [2.45, 2.75) is 26.7 Å². The van der Waals surface area contributed by atoms with Crippen molar-refractivity contribution in [1.29, 1.82) is 0 Å². The average Bonchev–Trinajstić information content (AvgIpc) is 2.12. The summed E-state index contributed by atoms with van der Waals surface area (Å²) >= 11 is 0. The molecule has 0 aromatic carbocycles. The maximum absolute atomic E-state index is 10.4. The normalized spacial score (nSPS) is 43.1. The first-order chi connectivity index (χ1) is 4.25. The minimum absolute atomic E-state index is 0.352. The Hall–Kier alpha value is -0.330. The minimum atomic E-state index is 0.352. The molecule has 0 spiro atoms. The van der Waals surface area contributed by atoms with Crippen LogP contribution in [0.4, 0.5) is 0 Å². The Morgan fingerprint density at radius 1 is 1.22 bits per heavy atom. The van der Waals surface area contributed by atoms with Gasteiger partial charge in [0, 0.05) is 5.92 Å². The minimum Gasteiger partial charge on any atom is -0.303 e. The third kappa shape index (κ3) is 1.15. The second-order valence-corrected chi connectivity index (χ2v) is 3.25. The summed E-state index contributed by atoms with van der Waals surface area (Å²) in [5.41, 5.74) is 0. The fourth-order valence-electron chi connectivity index (χ4n) is 1.74. The topological polar surface area (TPSA) is 17.1 Å². The summed E-state index contributed by atoms with van der Waals surface area (Å²) in [5.74, 6) is 1.62. The zero-order valence-electron chi connectivity index (χ0n) is 6.13. The van der Waals surface area contributed by atoms with Gasteiger partial charge in [0.25, 0.3) is 0 Å². The molecular formula is C8H14O. The largest absolute Gasteiger partial charge is 0.303 e. The monoisotopic (exact) mass is 126 g/mol. The molecular weight excluding hydrogens is 112 g/mol. The van der Waals surface area contributed by atoms with Gasteiger partial charge in [0.1, 0.15) is 6.29 Å². The Labute approximate surface area is 56.4 Å². The number of carbonyl (C=O) groups is 1. The van der Waals surface area contributed by atoms with Crippen molar-refractivity contribution in [2.24, 2.45) is 17.8 Å². The zero-order valence-corrected chi connectivity index (χ0v) is 6.13. The smallest absolute Gasteiger partial charge is 0.123 e. The third-order valence-corrected chi connectivity index (χ3v) is 2.55. The van der Waals surface area contributed by atoms with Crippen LogP contribution in [-0.2, 0) is 4.79 Å². The fourth-order valence-corrected chi connectivity index (χ4v) is 1.74. The molecule has 0 aromatic heterocycles. The van der Waals surface area contributed by atoms with Gasteiger partial charge in [-0.1, -0.05) is 13.8 Å². The van der Waals surface area contributed by atoms with Gasteiger partial charge in [-0.3, -0.25) is 0 Å². The molecule has 1 heteroatoms. The van der Waals surface area contributed by atoms with E-state index in [0.29, 0.717) is 17.8 Å². The SMILES string of the molecule is CC1CC[C@H](C)C1C=O. The Morgan fingerprint density at radius 2 is 1.67 bits per heavy atom. The predicted molar refractivity (Wildman–Crippen MR) is 37.1 cm³/mol. The molecule has 1 aliphatic rings. The van der Waals surface area contributed by atoms with Crippen molar-refractivity contribution in [3.63, 3.8) is 0 Å². The molecule has 0 N–H and O–H groups in total. The molecule has 1 saturated carbocycles. The summed E-state index contributed by atoms with van der Waals surface area (Å²) in [6.45, 7) is 4.34. The van der Waals surface area contributed by atoms with Crippen molar-refractivity contribution in [2.75, 3.05) is 0 Å². The molecule has 0 saturated heterocycles. The highest BCUT2D eigenvalue weighted by Gasteiger charge is 2.29. The van der Waals surface area contributed by atoms with Crippen LogP contribution in [0.3, 0.4) is 0 Å². The van der Waals surface area contributed by atoms with Crippen LogP contribution in [0.15, 0.2) is 0 Å². The van der Waals surface area contributed by atoms with Gasteiger partial charge in [0.15, 0.2) is 0 Å². The number of aldehydes is 1. The fraction of sp³-hybridized carbons (Fsp3) is 0.875. The molecule has 1 nitrogen and oxygen atoms in total. The lowest BCUT2D eigenvalue weighted by atomic mass is 9.94. The Kier molecular flexibility index (Phi) is 1.89. The van der Waals surface area contributed by atoms with E-state index < -0.39 is 0 Å².